The predicted molar refractivity (Wildman–Crippen MR) is 157 cm³/mol. The first-order valence-corrected chi connectivity index (χ1v) is 15.1. The topological polar surface area (TPSA) is 86.8 Å². The second-order valence-electron chi connectivity index (χ2n) is 9.70. The van der Waals surface area contributed by atoms with Crippen LogP contribution in [0, 0.1) is 13.8 Å². The van der Waals surface area contributed by atoms with Crippen LogP contribution in [0.2, 0.25) is 5.02 Å². The summed E-state index contributed by atoms with van der Waals surface area (Å²) in [6.45, 7) is 5.82. The Kier molecular flexibility index (Phi) is 10.5. The average Bonchev–Trinajstić information content (AvgIpc) is 2.90. The summed E-state index contributed by atoms with van der Waals surface area (Å²) < 4.78 is 26.9. The highest BCUT2D eigenvalue weighted by Crippen LogP contribution is 2.27. The van der Waals surface area contributed by atoms with Gasteiger partial charge in [0.15, 0.2) is 0 Å². The molecule has 0 saturated heterocycles. The minimum absolute atomic E-state index is 0.141. The lowest BCUT2D eigenvalue weighted by atomic mass is 10.0. The molecule has 7 nitrogen and oxygen atoms in total. The van der Waals surface area contributed by atoms with Crippen LogP contribution in [0.25, 0.3) is 0 Å². The number of aryl methyl sites for hydroxylation is 2. The molecule has 0 aromatic heterocycles. The summed E-state index contributed by atoms with van der Waals surface area (Å²) in [6, 6.07) is 21.2. The predicted octanol–water partition coefficient (Wildman–Crippen LogP) is 4.89. The molecule has 0 aliphatic carbocycles. The first-order valence-electron chi connectivity index (χ1n) is 12.9. The molecule has 3 aromatic rings. The third-order valence-electron chi connectivity index (χ3n) is 6.41. The van der Waals surface area contributed by atoms with Crippen molar-refractivity contribution in [2.75, 3.05) is 23.7 Å². The molecule has 0 saturated carbocycles. The number of anilines is 1. The minimum atomic E-state index is -3.86. The largest absolute Gasteiger partial charge is 0.354 e. The molecule has 2 amide bonds. The van der Waals surface area contributed by atoms with Crippen molar-refractivity contribution in [3.63, 3.8) is 0 Å². The van der Waals surface area contributed by atoms with E-state index >= 15 is 0 Å². The van der Waals surface area contributed by atoms with Gasteiger partial charge < -0.3 is 10.2 Å². The van der Waals surface area contributed by atoms with Crippen LogP contribution in [0.4, 0.5) is 5.69 Å². The van der Waals surface area contributed by atoms with E-state index in [4.69, 9.17) is 11.6 Å². The van der Waals surface area contributed by atoms with Crippen molar-refractivity contribution in [2.45, 2.75) is 46.2 Å². The smallest absolute Gasteiger partial charge is 0.244 e. The van der Waals surface area contributed by atoms with Crippen molar-refractivity contribution < 1.29 is 18.0 Å². The van der Waals surface area contributed by atoms with Crippen LogP contribution in [0.3, 0.4) is 0 Å². The van der Waals surface area contributed by atoms with Crippen molar-refractivity contribution in [1.82, 2.24) is 10.2 Å². The zero-order valence-corrected chi connectivity index (χ0v) is 24.4. The first-order chi connectivity index (χ1) is 18.5. The maximum Gasteiger partial charge on any atom is 0.244 e. The number of hydrogen-bond donors (Lipinski definition) is 1. The molecule has 0 bridgehead atoms. The maximum atomic E-state index is 14.1. The summed E-state index contributed by atoms with van der Waals surface area (Å²) in [7, 11) is -3.86. The number of sulfonamides is 1. The highest BCUT2D eigenvalue weighted by atomic mass is 35.5. The van der Waals surface area contributed by atoms with Gasteiger partial charge in [-0.25, -0.2) is 8.42 Å². The average molecular weight is 570 g/mol. The molecule has 3 aromatic carbocycles. The molecule has 39 heavy (non-hydrogen) atoms. The van der Waals surface area contributed by atoms with E-state index in [2.05, 4.69) is 5.32 Å². The Labute approximate surface area is 236 Å². The standard InChI is InChI=1S/C30H36ClN3O4S/c1-5-17-32-30(36)28(18-24-9-7-6-8-10-24)33(20-25-14-11-22(2)12-15-25)29(35)21-34(39(4,37)38)27-19-26(31)16-13-23(27)3/h6-16,19,28H,5,17-18,20-21H2,1-4H3,(H,32,36)/t28-/m1/s1. The molecule has 0 spiro atoms. The maximum absolute atomic E-state index is 14.1. The number of carbonyl (C=O) groups excluding carboxylic acids is 2. The summed E-state index contributed by atoms with van der Waals surface area (Å²) in [6.07, 6.45) is 2.08. The fraction of sp³-hybridized carbons (Fsp3) is 0.333. The van der Waals surface area contributed by atoms with Crippen LogP contribution in [-0.4, -0.2) is 50.5 Å². The van der Waals surface area contributed by atoms with E-state index in [-0.39, 0.29) is 18.9 Å². The fourth-order valence-electron chi connectivity index (χ4n) is 4.26. The van der Waals surface area contributed by atoms with E-state index in [9.17, 15) is 18.0 Å². The molecule has 0 unspecified atom stereocenters. The van der Waals surface area contributed by atoms with Crippen molar-refractivity contribution >= 4 is 39.1 Å². The number of hydrogen-bond acceptors (Lipinski definition) is 4. The lowest BCUT2D eigenvalue weighted by molar-refractivity contribution is -0.140. The monoisotopic (exact) mass is 569 g/mol. The quantitative estimate of drug-likeness (QED) is 0.336. The van der Waals surface area contributed by atoms with Gasteiger partial charge in [0.25, 0.3) is 0 Å². The second-order valence-corrected chi connectivity index (χ2v) is 12.0. The lowest BCUT2D eigenvalue weighted by Gasteiger charge is -2.34. The summed E-state index contributed by atoms with van der Waals surface area (Å²) in [5.41, 5.74) is 3.77. The first kappa shape index (κ1) is 30.2. The number of rotatable bonds is 12. The Bertz CT molecular complexity index is 1380. The van der Waals surface area contributed by atoms with E-state index < -0.39 is 28.5 Å². The van der Waals surface area contributed by atoms with Crippen molar-refractivity contribution in [2.24, 2.45) is 0 Å². The molecule has 208 valence electrons. The molecule has 3 rings (SSSR count). The lowest BCUT2D eigenvalue weighted by Crippen LogP contribution is -2.53. The Hall–Kier alpha value is -3.36. The van der Waals surface area contributed by atoms with Gasteiger partial charge in [0.05, 0.1) is 11.9 Å². The van der Waals surface area contributed by atoms with Gasteiger partial charge in [-0.3, -0.25) is 13.9 Å². The van der Waals surface area contributed by atoms with Crippen molar-refractivity contribution in [3.05, 3.63) is 100 Å². The van der Waals surface area contributed by atoms with Crippen LogP contribution in [0.5, 0.6) is 0 Å². The summed E-state index contributed by atoms with van der Waals surface area (Å²) in [5, 5.41) is 3.29. The minimum Gasteiger partial charge on any atom is -0.354 e. The summed E-state index contributed by atoms with van der Waals surface area (Å²) in [5.74, 6) is -0.779. The Morgan fingerprint density at radius 1 is 0.949 bits per heavy atom. The molecular formula is C30H36ClN3O4S. The molecule has 0 fully saturated rings. The zero-order chi connectivity index (χ0) is 28.6. The summed E-state index contributed by atoms with van der Waals surface area (Å²) in [4.78, 5) is 29.0. The third-order valence-corrected chi connectivity index (χ3v) is 7.77. The number of carbonyl (C=O) groups is 2. The SMILES string of the molecule is CCCNC(=O)[C@@H](Cc1ccccc1)N(Cc1ccc(C)cc1)C(=O)CN(c1cc(Cl)ccc1C)S(C)(=O)=O. The molecule has 0 radical (unpaired) electrons. The number of nitrogens with one attached hydrogen (secondary N) is 1. The van der Waals surface area contributed by atoms with Gasteiger partial charge in [-0.05, 0) is 49.1 Å². The molecular weight excluding hydrogens is 534 g/mol. The van der Waals surface area contributed by atoms with Crippen LogP contribution in [0.15, 0.2) is 72.8 Å². The fourth-order valence-corrected chi connectivity index (χ4v) is 5.32. The van der Waals surface area contributed by atoms with E-state index in [1.54, 1.807) is 19.1 Å². The van der Waals surface area contributed by atoms with Gasteiger partial charge in [0.1, 0.15) is 12.6 Å². The van der Waals surface area contributed by atoms with Crippen LogP contribution in [0.1, 0.15) is 35.6 Å². The van der Waals surface area contributed by atoms with Crippen LogP contribution >= 0.6 is 11.6 Å². The molecule has 0 heterocycles. The third kappa shape index (κ3) is 8.57. The van der Waals surface area contributed by atoms with Crippen LogP contribution < -0.4 is 9.62 Å². The van der Waals surface area contributed by atoms with Gasteiger partial charge in [-0.15, -0.1) is 0 Å². The molecule has 1 N–H and O–H groups in total. The van der Waals surface area contributed by atoms with Crippen molar-refractivity contribution in [1.29, 1.82) is 0 Å². The van der Waals surface area contributed by atoms with E-state index in [1.807, 2.05) is 68.4 Å². The van der Waals surface area contributed by atoms with Gasteiger partial charge in [-0.2, -0.15) is 0 Å². The van der Waals surface area contributed by atoms with Gasteiger partial charge >= 0.3 is 0 Å². The van der Waals surface area contributed by atoms with E-state index in [0.717, 1.165) is 33.7 Å². The Morgan fingerprint density at radius 2 is 1.62 bits per heavy atom. The number of amides is 2. The number of benzene rings is 3. The molecule has 9 heteroatoms. The van der Waals surface area contributed by atoms with Crippen LogP contribution in [-0.2, 0) is 32.6 Å². The number of nitrogens with zero attached hydrogens (tertiary/aromatic N) is 2. The normalized spacial score (nSPS) is 12.0. The van der Waals surface area contributed by atoms with Gasteiger partial charge in [-0.1, -0.05) is 84.8 Å². The molecule has 0 aliphatic rings. The van der Waals surface area contributed by atoms with E-state index in [1.165, 1.54) is 11.0 Å². The summed E-state index contributed by atoms with van der Waals surface area (Å²) >= 11 is 6.19. The van der Waals surface area contributed by atoms with E-state index in [0.29, 0.717) is 22.8 Å². The Balaban J connectivity index is 2.06. The zero-order valence-electron chi connectivity index (χ0n) is 22.9. The van der Waals surface area contributed by atoms with Crippen molar-refractivity contribution in [3.8, 4) is 0 Å². The highest BCUT2D eigenvalue weighted by molar-refractivity contribution is 7.92. The molecule has 0 aliphatic heterocycles. The number of halogens is 1. The second kappa shape index (κ2) is 13.6. The Morgan fingerprint density at radius 3 is 2.23 bits per heavy atom. The van der Waals surface area contributed by atoms with Gasteiger partial charge in [0.2, 0.25) is 21.8 Å². The molecule has 1 atom stereocenters. The van der Waals surface area contributed by atoms with Gasteiger partial charge in [0, 0.05) is 24.5 Å². The highest BCUT2D eigenvalue weighted by Gasteiger charge is 2.33.